The molecule has 4 aromatic rings. The number of tetrazole rings is 1. The summed E-state index contributed by atoms with van der Waals surface area (Å²) >= 11 is 7.18. The van der Waals surface area contributed by atoms with E-state index in [1.165, 1.54) is 11.8 Å². The SMILES string of the molecule is Cc1cc(NC(=O)CSc2nnnn2-c2ccc(Cl)cc2)c2ccccc2n1. The van der Waals surface area contributed by atoms with E-state index in [-0.39, 0.29) is 11.7 Å². The van der Waals surface area contributed by atoms with Crippen molar-refractivity contribution in [2.75, 3.05) is 11.1 Å². The number of nitrogens with one attached hydrogen (secondary N) is 1. The lowest BCUT2D eigenvalue weighted by atomic mass is 10.1. The summed E-state index contributed by atoms with van der Waals surface area (Å²) in [5.74, 6) is 0.0235. The minimum atomic E-state index is -0.147. The van der Waals surface area contributed by atoms with E-state index in [9.17, 15) is 4.79 Å². The molecule has 2 heterocycles. The van der Waals surface area contributed by atoms with E-state index in [1.807, 2.05) is 49.4 Å². The molecule has 2 aromatic carbocycles. The van der Waals surface area contributed by atoms with Gasteiger partial charge in [0.05, 0.1) is 22.6 Å². The number of aryl methyl sites for hydroxylation is 1. The zero-order valence-corrected chi connectivity index (χ0v) is 16.4. The number of para-hydroxylation sites is 1. The lowest BCUT2D eigenvalue weighted by Crippen LogP contribution is -2.15. The highest BCUT2D eigenvalue weighted by atomic mass is 35.5. The summed E-state index contributed by atoms with van der Waals surface area (Å²) in [6.45, 7) is 1.90. The Morgan fingerprint density at radius 2 is 1.96 bits per heavy atom. The van der Waals surface area contributed by atoms with E-state index in [4.69, 9.17) is 11.6 Å². The van der Waals surface area contributed by atoms with Crippen LogP contribution in [0, 0.1) is 6.92 Å². The summed E-state index contributed by atoms with van der Waals surface area (Å²) in [6.07, 6.45) is 0. The van der Waals surface area contributed by atoms with Crippen LogP contribution in [-0.4, -0.2) is 36.9 Å². The number of anilines is 1. The van der Waals surface area contributed by atoms with E-state index < -0.39 is 0 Å². The zero-order chi connectivity index (χ0) is 19.5. The van der Waals surface area contributed by atoms with Gasteiger partial charge in [0, 0.05) is 16.1 Å². The number of hydrogen-bond donors (Lipinski definition) is 1. The molecule has 0 aliphatic heterocycles. The molecule has 0 spiro atoms. The second kappa shape index (κ2) is 7.95. The van der Waals surface area contributed by atoms with Gasteiger partial charge in [0.25, 0.3) is 0 Å². The van der Waals surface area contributed by atoms with Gasteiger partial charge in [-0.05, 0) is 53.7 Å². The Kier molecular flexibility index (Phi) is 5.23. The molecule has 4 rings (SSSR count). The van der Waals surface area contributed by atoms with Gasteiger partial charge >= 0.3 is 0 Å². The Labute approximate surface area is 170 Å². The van der Waals surface area contributed by atoms with Crippen molar-refractivity contribution in [2.45, 2.75) is 12.1 Å². The van der Waals surface area contributed by atoms with Gasteiger partial charge in [-0.2, -0.15) is 4.68 Å². The van der Waals surface area contributed by atoms with Crippen molar-refractivity contribution in [1.82, 2.24) is 25.2 Å². The van der Waals surface area contributed by atoms with Gasteiger partial charge in [0.2, 0.25) is 11.1 Å². The van der Waals surface area contributed by atoms with E-state index in [2.05, 4.69) is 25.8 Å². The second-order valence-corrected chi connectivity index (χ2v) is 7.39. The van der Waals surface area contributed by atoms with Gasteiger partial charge in [-0.1, -0.05) is 41.6 Å². The summed E-state index contributed by atoms with van der Waals surface area (Å²) in [7, 11) is 0. The highest BCUT2D eigenvalue weighted by Crippen LogP contribution is 2.24. The predicted octanol–water partition coefficient (Wildman–Crippen LogP) is 3.90. The van der Waals surface area contributed by atoms with Crippen molar-refractivity contribution in [3.63, 3.8) is 0 Å². The molecular weight excluding hydrogens is 396 g/mol. The van der Waals surface area contributed by atoms with Crippen LogP contribution in [-0.2, 0) is 4.79 Å². The third-order valence-electron chi connectivity index (χ3n) is 3.96. The predicted molar refractivity (Wildman–Crippen MR) is 110 cm³/mol. The first-order valence-electron chi connectivity index (χ1n) is 8.43. The summed E-state index contributed by atoms with van der Waals surface area (Å²) in [5.41, 5.74) is 3.20. The molecule has 0 saturated carbocycles. The number of fused-ring (bicyclic) bond motifs is 1. The maximum atomic E-state index is 12.5. The Bertz CT molecular complexity index is 1140. The summed E-state index contributed by atoms with van der Waals surface area (Å²) < 4.78 is 1.57. The molecule has 2 aromatic heterocycles. The lowest BCUT2D eigenvalue weighted by Gasteiger charge is -2.09. The molecule has 0 fully saturated rings. The van der Waals surface area contributed by atoms with Crippen molar-refractivity contribution in [3.05, 3.63) is 65.3 Å². The van der Waals surface area contributed by atoms with Gasteiger partial charge in [0.1, 0.15) is 0 Å². The number of amides is 1. The highest BCUT2D eigenvalue weighted by molar-refractivity contribution is 7.99. The molecule has 140 valence electrons. The van der Waals surface area contributed by atoms with Crippen LogP contribution in [0.1, 0.15) is 5.69 Å². The number of hydrogen-bond acceptors (Lipinski definition) is 6. The second-order valence-electron chi connectivity index (χ2n) is 6.01. The average Bonchev–Trinajstić information content (AvgIpc) is 3.15. The normalized spacial score (nSPS) is 10.9. The molecule has 0 atom stereocenters. The fraction of sp³-hybridized carbons (Fsp3) is 0.105. The average molecular weight is 411 g/mol. The number of rotatable bonds is 5. The zero-order valence-electron chi connectivity index (χ0n) is 14.8. The van der Waals surface area contributed by atoms with E-state index in [0.29, 0.717) is 10.2 Å². The van der Waals surface area contributed by atoms with Crippen LogP contribution in [0.4, 0.5) is 5.69 Å². The molecule has 0 saturated heterocycles. The Morgan fingerprint density at radius 1 is 1.18 bits per heavy atom. The Balaban J connectivity index is 1.48. The standard InChI is InChI=1S/C19H15ClN6OS/c1-12-10-17(15-4-2-3-5-16(15)21-12)22-18(27)11-28-19-23-24-25-26(19)14-8-6-13(20)7-9-14/h2-10H,11H2,1H3,(H,21,22,27). The molecular formula is C19H15ClN6OS. The first-order chi connectivity index (χ1) is 13.6. The maximum Gasteiger partial charge on any atom is 0.234 e. The third kappa shape index (κ3) is 3.97. The van der Waals surface area contributed by atoms with Crippen LogP contribution in [0.5, 0.6) is 0 Å². The monoisotopic (exact) mass is 410 g/mol. The molecule has 9 heteroatoms. The van der Waals surface area contributed by atoms with Crippen molar-refractivity contribution >= 4 is 45.9 Å². The fourth-order valence-electron chi connectivity index (χ4n) is 2.74. The maximum absolute atomic E-state index is 12.5. The molecule has 1 amide bonds. The third-order valence-corrected chi connectivity index (χ3v) is 5.13. The van der Waals surface area contributed by atoms with Gasteiger partial charge in [0.15, 0.2) is 0 Å². The van der Waals surface area contributed by atoms with Gasteiger partial charge < -0.3 is 5.32 Å². The minimum Gasteiger partial charge on any atom is -0.325 e. The van der Waals surface area contributed by atoms with Crippen molar-refractivity contribution in [2.24, 2.45) is 0 Å². The number of benzene rings is 2. The van der Waals surface area contributed by atoms with E-state index in [1.54, 1.807) is 16.8 Å². The summed E-state index contributed by atoms with van der Waals surface area (Å²) in [5, 5.41) is 16.7. The van der Waals surface area contributed by atoms with Crippen molar-refractivity contribution in [1.29, 1.82) is 0 Å². The van der Waals surface area contributed by atoms with Crippen LogP contribution >= 0.6 is 23.4 Å². The van der Waals surface area contributed by atoms with Crippen LogP contribution in [0.2, 0.25) is 5.02 Å². The number of aromatic nitrogens is 5. The van der Waals surface area contributed by atoms with Gasteiger partial charge in [-0.15, -0.1) is 5.10 Å². The largest absolute Gasteiger partial charge is 0.325 e. The van der Waals surface area contributed by atoms with E-state index in [0.717, 1.165) is 28.0 Å². The molecule has 0 aliphatic carbocycles. The molecule has 0 bridgehead atoms. The number of nitrogens with zero attached hydrogens (tertiary/aromatic N) is 5. The number of pyridine rings is 1. The quantitative estimate of drug-likeness (QED) is 0.502. The van der Waals surface area contributed by atoms with Crippen molar-refractivity contribution in [3.8, 4) is 5.69 Å². The summed E-state index contributed by atoms with van der Waals surface area (Å²) in [4.78, 5) is 17.0. The smallest absolute Gasteiger partial charge is 0.234 e. The lowest BCUT2D eigenvalue weighted by molar-refractivity contribution is -0.113. The number of carbonyl (C=O) groups excluding carboxylic acids is 1. The number of halogens is 1. The molecule has 28 heavy (non-hydrogen) atoms. The van der Waals surface area contributed by atoms with Crippen molar-refractivity contribution < 1.29 is 4.79 Å². The summed E-state index contributed by atoms with van der Waals surface area (Å²) in [6, 6.07) is 16.7. The van der Waals surface area contributed by atoms with Crippen LogP contribution < -0.4 is 5.32 Å². The molecule has 0 aliphatic rings. The molecule has 7 nitrogen and oxygen atoms in total. The molecule has 1 N–H and O–H groups in total. The van der Waals surface area contributed by atoms with Crippen LogP contribution in [0.25, 0.3) is 16.6 Å². The Hall–Kier alpha value is -2.97. The van der Waals surface area contributed by atoms with Gasteiger partial charge in [-0.3, -0.25) is 9.78 Å². The number of carbonyl (C=O) groups is 1. The highest BCUT2D eigenvalue weighted by Gasteiger charge is 2.13. The van der Waals surface area contributed by atoms with Gasteiger partial charge in [-0.25, -0.2) is 0 Å². The topological polar surface area (TPSA) is 85.6 Å². The van der Waals surface area contributed by atoms with Crippen LogP contribution in [0.3, 0.4) is 0 Å². The number of thioether (sulfide) groups is 1. The molecule has 0 radical (unpaired) electrons. The van der Waals surface area contributed by atoms with E-state index >= 15 is 0 Å². The minimum absolute atomic E-state index is 0.147. The van der Waals surface area contributed by atoms with Crippen LogP contribution in [0.15, 0.2) is 59.8 Å². The first-order valence-corrected chi connectivity index (χ1v) is 9.80. The first kappa shape index (κ1) is 18.4. The Morgan fingerprint density at radius 3 is 2.79 bits per heavy atom. The fourth-order valence-corrected chi connectivity index (χ4v) is 3.56. The molecule has 0 unspecified atom stereocenters.